The van der Waals surface area contributed by atoms with Crippen molar-refractivity contribution < 1.29 is 14.4 Å². The average Bonchev–Trinajstić information content (AvgIpc) is 2.84. The van der Waals surface area contributed by atoms with E-state index in [1.165, 1.54) is 0 Å². The van der Waals surface area contributed by atoms with E-state index in [1.807, 2.05) is 64.1 Å². The van der Waals surface area contributed by atoms with Gasteiger partial charge in [-0.15, -0.1) is 0 Å². The van der Waals surface area contributed by atoms with Crippen LogP contribution in [0.15, 0.2) is 84.9 Å². The number of benzene rings is 4. The molecule has 0 saturated heterocycles. The summed E-state index contributed by atoms with van der Waals surface area (Å²) in [5.74, 6) is -0.524. The summed E-state index contributed by atoms with van der Waals surface area (Å²) in [5, 5.41) is 5.76. The maximum absolute atomic E-state index is 12.9. The highest BCUT2D eigenvalue weighted by Gasteiger charge is 2.13. The van der Waals surface area contributed by atoms with Crippen molar-refractivity contribution in [2.75, 3.05) is 10.6 Å². The van der Waals surface area contributed by atoms with Gasteiger partial charge in [-0.25, -0.2) is 0 Å². The summed E-state index contributed by atoms with van der Waals surface area (Å²) < 4.78 is 0. The number of ketones is 1. The van der Waals surface area contributed by atoms with E-state index in [-0.39, 0.29) is 17.6 Å². The highest BCUT2D eigenvalue weighted by Crippen LogP contribution is 2.19. The van der Waals surface area contributed by atoms with E-state index < -0.39 is 0 Å². The molecule has 4 aromatic carbocycles. The first-order valence-electron chi connectivity index (χ1n) is 11.7. The number of amides is 2. The molecular formula is C31H28N2O3. The Balaban J connectivity index is 1.40. The molecule has 0 saturated carbocycles. The number of hydrogen-bond donors (Lipinski definition) is 2. The van der Waals surface area contributed by atoms with E-state index in [1.54, 1.807) is 48.5 Å². The van der Waals surface area contributed by atoms with E-state index in [9.17, 15) is 14.4 Å². The quantitative estimate of drug-likeness (QED) is 0.306. The van der Waals surface area contributed by atoms with Crippen molar-refractivity contribution in [1.82, 2.24) is 0 Å². The molecule has 0 aliphatic rings. The third-order valence-corrected chi connectivity index (χ3v) is 6.06. The smallest absolute Gasteiger partial charge is 0.255 e. The molecule has 36 heavy (non-hydrogen) atoms. The number of aryl methyl sites for hydroxylation is 4. The minimum absolute atomic E-state index is 0.144. The van der Waals surface area contributed by atoms with Crippen LogP contribution < -0.4 is 10.6 Å². The number of rotatable bonds is 6. The fraction of sp³-hybridized carbons (Fsp3) is 0.129. The molecule has 180 valence electrons. The van der Waals surface area contributed by atoms with Crippen LogP contribution in [0.1, 0.15) is 58.9 Å². The molecule has 2 N–H and O–H groups in total. The summed E-state index contributed by atoms with van der Waals surface area (Å²) in [6, 6.07) is 25.0. The van der Waals surface area contributed by atoms with Gasteiger partial charge in [0, 0.05) is 33.6 Å². The molecule has 2 amide bonds. The number of carbonyl (C=O) groups excluding carboxylic acids is 3. The maximum atomic E-state index is 12.9. The SMILES string of the molecule is Cc1ccc(C(=O)Nc2ccc(C(=O)c3ccc(NC(=O)c4ccc(C)cc4C)cc3)cc2)c(C)c1. The van der Waals surface area contributed by atoms with Crippen LogP contribution in [-0.4, -0.2) is 17.6 Å². The molecular weight excluding hydrogens is 448 g/mol. The van der Waals surface area contributed by atoms with Crippen LogP contribution in [0.3, 0.4) is 0 Å². The van der Waals surface area contributed by atoms with Crippen LogP contribution in [0.25, 0.3) is 0 Å². The predicted octanol–water partition coefficient (Wildman–Crippen LogP) is 6.66. The predicted molar refractivity (Wildman–Crippen MR) is 144 cm³/mol. The van der Waals surface area contributed by atoms with Gasteiger partial charge < -0.3 is 10.6 Å². The zero-order valence-corrected chi connectivity index (χ0v) is 20.8. The molecule has 5 nitrogen and oxygen atoms in total. The minimum atomic E-state index is -0.190. The lowest BCUT2D eigenvalue weighted by molar-refractivity contribution is 0.101. The number of carbonyl (C=O) groups is 3. The third-order valence-electron chi connectivity index (χ3n) is 6.06. The Hall–Kier alpha value is -4.51. The van der Waals surface area contributed by atoms with Gasteiger partial charge in [0.1, 0.15) is 0 Å². The van der Waals surface area contributed by atoms with E-state index in [0.717, 1.165) is 22.3 Å². The second-order valence-electron chi connectivity index (χ2n) is 9.03. The zero-order chi connectivity index (χ0) is 25.8. The minimum Gasteiger partial charge on any atom is -0.322 e. The van der Waals surface area contributed by atoms with E-state index in [2.05, 4.69) is 10.6 Å². The summed E-state index contributed by atoms with van der Waals surface area (Å²) >= 11 is 0. The maximum Gasteiger partial charge on any atom is 0.255 e. The fourth-order valence-corrected chi connectivity index (χ4v) is 4.11. The topological polar surface area (TPSA) is 75.3 Å². The Morgan fingerprint density at radius 3 is 1.19 bits per heavy atom. The van der Waals surface area contributed by atoms with Crippen molar-refractivity contribution >= 4 is 29.0 Å². The highest BCUT2D eigenvalue weighted by atomic mass is 16.2. The third kappa shape index (κ3) is 5.58. The molecule has 0 atom stereocenters. The first kappa shape index (κ1) is 24.6. The molecule has 0 bridgehead atoms. The molecule has 5 heteroatoms. The number of anilines is 2. The van der Waals surface area contributed by atoms with Crippen LogP contribution in [-0.2, 0) is 0 Å². The van der Waals surface area contributed by atoms with Gasteiger partial charge in [-0.2, -0.15) is 0 Å². The van der Waals surface area contributed by atoms with Crippen LogP contribution in [0, 0.1) is 27.7 Å². The van der Waals surface area contributed by atoms with E-state index in [0.29, 0.717) is 33.6 Å². The van der Waals surface area contributed by atoms with Gasteiger partial charge in [0.2, 0.25) is 0 Å². The van der Waals surface area contributed by atoms with Gasteiger partial charge >= 0.3 is 0 Å². The molecule has 0 aliphatic heterocycles. The van der Waals surface area contributed by atoms with Gasteiger partial charge in [0.05, 0.1) is 0 Å². The molecule has 4 rings (SSSR count). The van der Waals surface area contributed by atoms with Crippen LogP contribution >= 0.6 is 0 Å². The lowest BCUT2D eigenvalue weighted by Crippen LogP contribution is -2.14. The summed E-state index contributed by atoms with van der Waals surface area (Å²) in [5.41, 5.74) is 7.49. The lowest BCUT2D eigenvalue weighted by atomic mass is 10.0. The van der Waals surface area contributed by atoms with Crippen molar-refractivity contribution in [2.45, 2.75) is 27.7 Å². The largest absolute Gasteiger partial charge is 0.322 e. The second-order valence-corrected chi connectivity index (χ2v) is 9.03. The van der Waals surface area contributed by atoms with Crippen molar-refractivity contribution in [3.8, 4) is 0 Å². The zero-order valence-electron chi connectivity index (χ0n) is 20.8. The van der Waals surface area contributed by atoms with Gasteiger partial charge in [-0.1, -0.05) is 35.4 Å². The van der Waals surface area contributed by atoms with Gasteiger partial charge in [-0.05, 0) is 99.5 Å². The Bertz CT molecular complexity index is 1340. The molecule has 0 aromatic heterocycles. The van der Waals surface area contributed by atoms with Gasteiger partial charge in [0.15, 0.2) is 5.78 Å². The van der Waals surface area contributed by atoms with Crippen molar-refractivity contribution in [3.05, 3.63) is 129 Å². The number of hydrogen-bond acceptors (Lipinski definition) is 3. The molecule has 4 aromatic rings. The molecule has 0 spiro atoms. The standard InChI is InChI=1S/C31H28N2O3/c1-19-5-15-27(21(3)17-19)30(35)32-25-11-7-23(8-12-25)29(34)24-9-13-26(14-10-24)33-31(36)28-16-6-20(2)18-22(28)4/h5-18H,1-4H3,(H,32,35)(H,33,36). The van der Waals surface area contributed by atoms with Crippen molar-refractivity contribution in [2.24, 2.45) is 0 Å². The van der Waals surface area contributed by atoms with Gasteiger partial charge in [-0.3, -0.25) is 14.4 Å². The Kier molecular flexibility index (Phi) is 7.11. The second kappa shape index (κ2) is 10.4. The lowest BCUT2D eigenvalue weighted by Gasteiger charge is -2.10. The van der Waals surface area contributed by atoms with Crippen molar-refractivity contribution in [1.29, 1.82) is 0 Å². The van der Waals surface area contributed by atoms with Crippen LogP contribution in [0.5, 0.6) is 0 Å². The summed E-state index contributed by atoms with van der Waals surface area (Å²) in [4.78, 5) is 38.2. The van der Waals surface area contributed by atoms with Gasteiger partial charge in [0.25, 0.3) is 11.8 Å². The first-order chi connectivity index (χ1) is 17.2. The molecule has 0 radical (unpaired) electrons. The van der Waals surface area contributed by atoms with Crippen molar-refractivity contribution in [3.63, 3.8) is 0 Å². The summed E-state index contributed by atoms with van der Waals surface area (Å²) in [6.07, 6.45) is 0. The number of nitrogens with one attached hydrogen (secondary N) is 2. The van der Waals surface area contributed by atoms with E-state index >= 15 is 0 Å². The molecule has 0 unspecified atom stereocenters. The van der Waals surface area contributed by atoms with Crippen LogP contribution in [0.4, 0.5) is 11.4 Å². The summed E-state index contributed by atoms with van der Waals surface area (Å²) in [6.45, 7) is 7.79. The Labute approximate surface area is 211 Å². The fourth-order valence-electron chi connectivity index (χ4n) is 4.11. The first-order valence-corrected chi connectivity index (χ1v) is 11.7. The monoisotopic (exact) mass is 476 g/mol. The molecule has 0 aliphatic carbocycles. The molecule has 0 heterocycles. The van der Waals surface area contributed by atoms with E-state index in [4.69, 9.17) is 0 Å². The summed E-state index contributed by atoms with van der Waals surface area (Å²) in [7, 11) is 0. The Morgan fingerprint density at radius 1 is 0.500 bits per heavy atom. The average molecular weight is 477 g/mol. The Morgan fingerprint density at radius 2 is 0.861 bits per heavy atom. The highest BCUT2D eigenvalue weighted by molar-refractivity contribution is 6.10. The van der Waals surface area contributed by atoms with Crippen LogP contribution in [0.2, 0.25) is 0 Å². The molecule has 0 fully saturated rings. The normalized spacial score (nSPS) is 10.6.